The van der Waals surface area contributed by atoms with Crippen molar-refractivity contribution in [3.05, 3.63) is 64.1 Å². The summed E-state index contributed by atoms with van der Waals surface area (Å²) in [5.41, 5.74) is 3.35. The van der Waals surface area contributed by atoms with Crippen molar-refractivity contribution < 1.29 is 23.7 Å². The minimum absolute atomic E-state index is 0.360. The van der Waals surface area contributed by atoms with E-state index in [1.165, 1.54) is 11.8 Å². The number of hydrogen-bond donors (Lipinski definition) is 1. The van der Waals surface area contributed by atoms with Crippen LogP contribution in [0.3, 0.4) is 0 Å². The highest BCUT2D eigenvalue weighted by molar-refractivity contribution is 8.03. The summed E-state index contributed by atoms with van der Waals surface area (Å²) in [5.74, 6) is 1.48. The van der Waals surface area contributed by atoms with Crippen LogP contribution in [0.15, 0.2) is 47.4 Å². The number of rotatable bonds is 11. The largest absolute Gasteiger partial charge is 0.490 e. The zero-order valence-electron chi connectivity index (χ0n) is 22.0. The first-order valence-corrected chi connectivity index (χ1v) is 14.1. The zero-order valence-corrected chi connectivity index (χ0v) is 22.9. The van der Waals surface area contributed by atoms with Gasteiger partial charge < -0.3 is 24.3 Å². The minimum Gasteiger partial charge on any atom is -0.490 e. The molecule has 0 amide bonds. The van der Waals surface area contributed by atoms with Gasteiger partial charge in [0.1, 0.15) is 17.1 Å². The second kappa shape index (κ2) is 14.1. The van der Waals surface area contributed by atoms with E-state index in [0.29, 0.717) is 61.5 Å². The van der Waals surface area contributed by atoms with E-state index in [1.54, 1.807) is 12.1 Å². The molecule has 0 radical (unpaired) electrons. The molecule has 2 aromatic carbocycles. The predicted octanol–water partition coefficient (Wildman–Crippen LogP) is 4.11. The average Bonchev–Trinajstić information content (AvgIpc) is 2.95. The molecule has 0 aliphatic carbocycles. The van der Waals surface area contributed by atoms with Crippen LogP contribution in [0.2, 0.25) is 0 Å². The third-order valence-corrected chi connectivity index (χ3v) is 7.45. The predicted molar refractivity (Wildman–Crippen MR) is 148 cm³/mol. The van der Waals surface area contributed by atoms with Crippen LogP contribution < -0.4 is 14.8 Å². The molecule has 0 spiro atoms. The summed E-state index contributed by atoms with van der Waals surface area (Å²) in [6.07, 6.45) is 0.431. The normalized spacial score (nSPS) is 17.4. The van der Waals surface area contributed by atoms with Gasteiger partial charge in [0, 0.05) is 37.5 Å². The maximum Gasteiger partial charge on any atom is 0.338 e. The topological polar surface area (TPSA) is 93.1 Å². The Kier molecular flexibility index (Phi) is 10.3. The fourth-order valence-electron chi connectivity index (χ4n) is 4.52. The molecule has 38 heavy (non-hydrogen) atoms. The maximum absolute atomic E-state index is 12.9. The second-order valence-corrected chi connectivity index (χ2v) is 9.96. The first kappa shape index (κ1) is 27.8. The number of fused-ring (bicyclic) bond motifs is 1. The van der Waals surface area contributed by atoms with Crippen molar-refractivity contribution >= 4 is 23.4 Å². The van der Waals surface area contributed by atoms with Crippen LogP contribution in [-0.2, 0) is 15.9 Å². The molecule has 2 aliphatic rings. The number of hydrogen-bond acceptors (Lipinski definition) is 9. The molecule has 8 nitrogen and oxygen atoms in total. The van der Waals surface area contributed by atoms with Crippen LogP contribution in [0.25, 0.3) is 5.70 Å². The molecule has 1 atom stereocenters. The lowest BCUT2D eigenvalue weighted by atomic mass is 9.97. The molecule has 1 fully saturated rings. The van der Waals surface area contributed by atoms with Gasteiger partial charge in [0.05, 0.1) is 37.7 Å². The van der Waals surface area contributed by atoms with Crippen LogP contribution in [0.1, 0.15) is 35.3 Å². The smallest absolute Gasteiger partial charge is 0.338 e. The molecule has 4 rings (SSSR count). The molecule has 0 bridgehead atoms. The summed E-state index contributed by atoms with van der Waals surface area (Å²) in [7, 11) is 0. The third-order valence-electron chi connectivity index (χ3n) is 6.33. The highest BCUT2D eigenvalue weighted by atomic mass is 32.2. The van der Waals surface area contributed by atoms with Gasteiger partial charge in [-0.1, -0.05) is 18.2 Å². The van der Waals surface area contributed by atoms with Gasteiger partial charge in [-0.15, -0.1) is 11.8 Å². The summed E-state index contributed by atoms with van der Waals surface area (Å²) in [6.45, 7) is 9.14. The molecule has 0 saturated carbocycles. The number of nitrogens with zero attached hydrogens (tertiary/aromatic N) is 2. The molecule has 2 aromatic rings. The van der Waals surface area contributed by atoms with Crippen molar-refractivity contribution in [2.24, 2.45) is 0 Å². The number of nitriles is 1. The van der Waals surface area contributed by atoms with Gasteiger partial charge in [0.25, 0.3) is 0 Å². The quantitative estimate of drug-likeness (QED) is 0.336. The third kappa shape index (κ3) is 7.22. The van der Waals surface area contributed by atoms with E-state index in [9.17, 15) is 10.1 Å². The zero-order chi connectivity index (χ0) is 26.7. The molecule has 9 heteroatoms. The van der Waals surface area contributed by atoms with Crippen molar-refractivity contribution in [3.8, 4) is 17.6 Å². The van der Waals surface area contributed by atoms with Crippen LogP contribution in [0.4, 0.5) is 0 Å². The number of esters is 1. The molecule has 1 unspecified atom stereocenters. The monoisotopic (exact) mass is 537 g/mol. The van der Waals surface area contributed by atoms with E-state index in [4.69, 9.17) is 18.9 Å². The van der Waals surface area contributed by atoms with E-state index < -0.39 is 6.10 Å². The molecular weight excluding hydrogens is 502 g/mol. The standard InChI is InChI=1S/C29H35N3O5S/c1-3-35-25-16-22-10-11-31-28(24(22)17-26(25)36-4-2)27(18-30)38-20-23(19-32-12-14-34-15-13-32)37-29(33)21-8-6-5-7-9-21/h5-9,16-17,23,31H,3-4,10-15,19-20H2,1-2H3. The summed E-state index contributed by atoms with van der Waals surface area (Å²) in [4.78, 5) is 15.7. The van der Waals surface area contributed by atoms with Gasteiger partial charge in [0.15, 0.2) is 11.5 Å². The Morgan fingerprint density at radius 2 is 1.84 bits per heavy atom. The van der Waals surface area contributed by atoms with Crippen molar-refractivity contribution in [1.82, 2.24) is 10.2 Å². The van der Waals surface area contributed by atoms with Crippen LogP contribution >= 0.6 is 11.8 Å². The number of nitrogens with one attached hydrogen (secondary N) is 1. The van der Waals surface area contributed by atoms with Crippen LogP contribution in [0, 0.1) is 11.3 Å². The van der Waals surface area contributed by atoms with Crippen molar-refractivity contribution in [2.45, 2.75) is 26.4 Å². The number of carbonyl (C=O) groups is 1. The number of morpholine rings is 1. The maximum atomic E-state index is 12.9. The van der Waals surface area contributed by atoms with Crippen molar-refractivity contribution in [2.75, 3.05) is 58.4 Å². The van der Waals surface area contributed by atoms with Gasteiger partial charge in [-0.25, -0.2) is 4.79 Å². The van der Waals surface area contributed by atoms with E-state index in [2.05, 4.69) is 16.3 Å². The fraction of sp³-hybridized carbons (Fsp3) is 0.448. The van der Waals surface area contributed by atoms with Gasteiger partial charge >= 0.3 is 5.97 Å². The second-order valence-electron chi connectivity index (χ2n) is 8.93. The van der Waals surface area contributed by atoms with Crippen LogP contribution in [-0.4, -0.2) is 75.3 Å². The minimum atomic E-state index is -0.392. The lowest BCUT2D eigenvalue weighted by molar-refractivity contribution is 0.00150. The van der Waals surface area contributed by atoms with E-state index in [0.717, 1.165) is 42.1 Å². The molecule has 1 saturated heterocycles. The van der Waals surface area contributed by atoms with Gasteiger partial charge in [0.2, 0.25) is 0 Å². The van der Waals surface area contributed by atoms with Gasteiger partial charge in [-0.05, 0) is 50.1 Å². The Bertz CT molecular complexity index is 1160. The first-order chi connectivity index (χ1) is 18.6. The number of carbonyl (C=O) groups excluding carboxylic acids is 1. The Hall–Kier alpha value is -3.19. The number of allylic oxidation sites excluding steroid dienone is 1. The van der Waals surface area contributed by atoms with E-state index in [-0.39, 0.29) is 5.97 Å². The Balaban J connectivity index is 1.56. The SMILES string of the molecule is CCOc1cc2c(cc1OCC)C(=C(C#N)SCC(CN1CCOCC1)OC(=O)c1ccccc1)NCC2. The fourth-order valence-corrected chi connectivity index (χ4v) is 5.44. The summed E-state index contributed by atoms with van der Waals surface area (Å²) in [5, 5.41) is 13.6. The summed E-state index contributed by atoms with van der Waals surface area (Å²) >= 11 is 1.41. The van der Waals surface area contributed by atoms with Crippen LogP contribution in [0.5, 0.6) is 11.5 Å². The highest BCUT2D eigenvalue weighted by Gasteiger charge is 2.25. The van der Waals surface area contributed by atoms with Crippen molar-refractivity contribution in [3.63, 3.8) is 0 Å². The molecular formula is C29H35N3O5S. The molecule has 202 valence electrons. The molecule has 2 aliphatic heterocycles. The average molecular weight is 538 g/mol. The Labute approximate surface area is 228 Å². The lowest BCUT2D eigenvalue weighted by Crippen LogP contribution is -2.43. The van der Waals surface area contributed by atoms with Gasteiger partial charge in [-0.3, -0.25) is 4.90 Å². The molecule has 2 heterocycles. The molecule has 0 aromatic heterocycles. The van der Waals surface area contributed by atoms with E-state index >= 15 is 0 Å². The molecule has 1 N–H and O–H groups in total. The first-order valence-electron chi connectivity index (χ1n) is 13.1. The number of ether oxygens (including phenoxy) is 4. The highest BCUT2D eigenvalue weighted by Crippen LogP contribution is 2.38. The number of benzene rings is 2. The van der Waals surface area contributed by atoms with Crippen molar-refractivity contribution in [1.29, 1.82) is 5.26 Å². The summed E-state index contributed by atoms with van der Waals surface area (Å²) < 4.78 is 23.1. The summed E-state index contributed by atoms with van der Waals surface area (Å²) in [6, 6.07) is 15.4. The van der Waals surface area contributed by atoms with Gasteiger partial charge in [-0.2, -0.15) is 5.26 Å². The van der Waals surface area contributed by atoms with E-state index in [1.807, 2.05) is 44.2 Å². The Morgan fingerprint density at radius 3 is 2.53 bits per heavy atom. The Morgan fingerprint density at radius 1 is 1.13 bits per heavy atom. The number of thioether (sulfide) groups is 1. The lowest BCUT2D eigenvalue weighted by Gasteiger charge is -2.30.